The van der Waals surface area contributed by atoms with E-state index in [4.69, 9.17) is 5.73 Å². The van der Waals surface area contributed by atoms with Crippen LogP contribution in [-0.2, 0) is 6.54 Å². The molecule has 0 bridgehead atoms. The lowest BCUT2D eigenvalue weighted by molar-refractivity contribution is 0.219. The summed E-state index contributed by atoms with van der Waals surface area (Å²) in [7, 11) is 0. The van der Waals surface area contributed by atoms with Crippen LogP contribution < -0.4 is 5.73 Å². The molecule has 0 radical (unpaired) electrons. The Morgan fingerprint density at radius 1 is 1.19 bits per heavy atom. The molecule has 112 valence electrons. The minimum Gasteiger partial charge on any atom is -0.327 e. The lowest BCUT2D eigenvalue weighted by Gasteiger charge is -2.28. The Balaban J connectivity index is 1.74. The fourth-order valence-corrected chi connectivity index (χ4v) is 2.97. The van der Waals surface area contributed by atoms with Crippen LogP contribution in [0.1, 0.15) is 31.4 Å². The number of rotatable bonds is 3. The van der Waals surface area contributed by atoms with Crippen molar-refractivity contribution in [1.82, 2.24) is 19.7 Å². The molecule has 1 fully saturated rings. The van der Waals surface area contributed by atoms with Gasteiger partial charge in [-0.1, -0.05) is 12.8 Å². The van der Waals surface area contributed by atoms with Crippen molar-refractivity contribution in [1.29, 1.82) is 0 Å². The van der Waals surface area contributed by atoms with Gasteiger partial charge in [0.15, 0.2) is 0 Å². The molecule has 21 heavy (non-hydrogen) atoms. The molecule has 5 heteroatoms. The van der Waals surface area contributed by atoms with Crippen molar-refractivity contribution < 1.29 is 0 Å². The highest BCUT2D eigenvalue weighted by Gasteiger charge is 2.16. The monoisotopic (exact) mass is 285 g/mol. The maximum Gasteiger partial charge on any atom is 0.0832 e. The first-order valence-corrected chi connectivity index (χ1v) is 7.74. The van der Waals surface area contributed by atoms with Gasteiger partial charge >= 0.3 is 0 Å². The van der Waals surface area contributed by atoms with Crippen molar-refractivity contribution in [2.24, 2.45) is 5.73 Å². The van der Waals surface area contributed by atoms with Gasteiger partial charge in [0.2, 0.25) is 0 Å². The van der Waals surface area contributed by atoms with Crippen LogP contribution in [0.3, 0.4) is 0 Å². The number of hydrogen-bond donors (Lipinski definition) is 1. The largest absolute Gasteiger partial charge is 0.327 e. The zero-order chi connectivity index (χ0) is 14.5. The first-order valence-electron chi connectivity index (χ1n) is 7.74. The van der Waals surface area contributed by atoms with Crippen molar-refractivity contribution in [3.8, 4) is 5.69 Å². The normalized spacial score (nSPS) is 20.9. The van der Waals surface area contributed by atoms with E-state index in [0.717, 1.165) is 31.7 Å². The predicted octanol–water partition coefficient (Wildman–Crippen LogP) is 1.97. The Morgan fingerprint density at radius 2 is 2.14 bits per heavy atom. The van der Waals surface area contributed by atoms with E-state index >= 15 is 0 Å². The van der Waals surface area contributed by atoms with Crippen molar-refractivity contribution in [2.45, 2.75) is 38.3 Å². The van der Waals surface area contributed by atoms with Crippen LogP contribution in [0.15, 0.2) is 36.8 Å². The Hall–Kier alpha value is -1.72. The Morgan fingerprint density at radius 3 is 3.00 bits per heavy atom. The quantitative estimate of drug-likeness (QED) is 0.936. The van der Waals surface area contributed by atoms with E-state index in [1.54, 1.807) is 6.20 Å². The molecule has 2 aromatic heterocycles. The first kappa shape index (κ1) is 14.2. The molecule has 3 heterocycles. The third-order valence-electron chi connectivity index (χ3n) is 4.04. The molecule has 1 unspecified atom stereocenters. The number of likely N-dealkylation sites (tertiary alicyclic amines) is 1. The van der Waals surface area contributed by atoms with Gasteiger partial charge in [-0.05, 0) is 37.6 Å². The Labute approximate surface area is 125 Å². The van der Waals surface area contributed by atoms with Gasteiger partial charge in [-0.25, -0.2) is 4.68 Å². The minimum atomic E-state index is 0.292. The van der Waals surface area contributed by atoms with Crippen LogP contribution in [0.4, 0.5) is 0 Å². The highest BCUT2D eigenvalue weighted by molar-refractivity contribution is 5.29. The van der Waals surface area contributed by atoms with Crippen molar-refractivity contribution >= 4 is 0 Å². The summed E-state index contributed by atoms with van der Waals surface area (Å²) in [5, 5.41) is 4.43. The van der Waals surface area contributed by atoms with Gasteiger partial charge < -0.3 is 5.73 Å². The summed E-state index contributed by atoms with van der Waals surface area (Å²) in [4.78, 5) is 6.63. The fourth-order valence-electron chi connectivity index (χ4n) is 2.97. The number of nitrogens with zero attached hydrogens (tertiary/aromatic N) is 4. The minimum absolute atomic E-state index is 0.292. The molecular weight excluding hydrogens is 262 g/mol. The summed E-state index contributed by atoms with van der Waals surface area (Å²) >= 11 is 0. The zero-order valence-electron chi connectivity index (χ0n) is 12.4. The average molecular weight is 285 g/mol. The van der Waals surface area contributed by atoms with Crippen molar-refractivity contribution in [2.75, 3.05) is 13.1 Å². The third kappa shape index (κ3) is 3.68. The number of aromatic nitrogens is 3. The molecule has 0 aliphatic carbocycles. The van der Waals surface area contributed by atoms with Crippen LogP contribution in [0.5, 0.6) is 0 Å². The van der Waals surface area contributed by atoms with E-state index in [0.29, 0.717) is 6.04 Å². The van der Waals surface area contributed by atoms with Gasteiger partial charge in [0.25, 0.3) is 0 Å². The smallest absolute Gasteiger partial charge is 0.0832 e. The van der Waals surface area contributed by atoms with E-state index in [1.165, 1.54) is 25.0 Å². The van der Waals surface area contributed by atoms with Crippen LogP contribution in [0.2, 0.25) is 0 Å². The molecule has 0 saturated carbocycles. The lowest BCUT2D eigenvalue weighted by atomic mass is 10.1. The molecule has 2 N–H and O–H groups in total. The summed E-state index contributed by atoms with van der Waals surface area (Å²) in [6.07, 6.45) is 10.4. The van der Waals surface area contributed by atoms with Crippen LogP contribution in [0, 0.1) is 0 Å². The molecule has 1 atom stereocenters. The van der Waals surface area contributed by atoms with Crippen molar-refractivity contribution in [3.05, 3.63) is 42.5 Å². The number of nitrogens with two attached hydrogens (primary N) is 1. The Kier molecular flexibility index (Phi) is 4.62. The first-order chi connectivity index (χ1) is 10.3. The van der Waals surface area contributed by atoms with Crippen molar-refractivity contribution in [3.63, 3.8) is 0 Å². The second-order valence-electron chi connectivity index (χ2n) is 5.79. The average Bonchev–Trinajstić information content (AvgIpc) is 2.93. The standard InChI is InChI=1S/C16H23N5/c17-14-5-2-1-3-10-20(12-14)13-16-7-9-19-21(16)15-6-4-8-18-11-15/h4,6-9,11,14H,1-3,5,10,12-13,17H2. The fraction of sp³-hybridized carbons (Fsp3) is 0.500. The molecule has 1 saturated heterocycles. The topological polar surface area (TPSA) is 60.0 Å². The van der Waals surface area contributed by atoms with Crippen LogP contribution >= 0.6 is 0 Å². The summed E-state index contributed by atoms with van der Waals surface area (Å²) in [5.74, 6) is 0. The van der Waals surface area contributed by atoms with E-state index in [1.807, 2.05) is 29.2 Å². The van der Waals surface area contributed by atoms with E-state index in [-0.39, 0.29) is 0 Å². The SMILES string of the molecule is NC1CCCCCN(Cc2ccnn2-c2cccnc2)C1. The Bertz CT molecular complexity index is 551. The van der Waals surface area contributed by atoms with Gasteiger partial charge in [0, 0.05) is 31.5 Å². The molecule has 0 amide bonds. The maximum absolute atomic E-state index is 6.20. The second-order valence-corrected chi connectivity index (χ2v) is 5.79. The molecule has 1 aliphatic heterocycles. The van der Waals surface area contributed by atoms with Crippen LogP contribution in [-0.4, -0.2) is 38.8 Å². The molecule has 0 aromatic carbocycles. The summed E-state index contributed by atoms with van der Waals surface area (Å²) < 4.78 is 1.97. The van der Waals surface area contributed by atoms with Gasteiger partial charge in [0.1, 0.15) is 0 Å². The molecule has 1 aliphatic rings. The van der Waals surface area contributed by atoms with Gasteiger partial charge in [-0.2, -0.15) is 5.10 Å². The van der Waals surface area contributed by atoms with Gasteiger partial charge in [-0.15, -0.1) is 0 Å². The highest BCUT2D eigenvalue weighted by Crippen LogP contribution is 2.15. The predicted molar refractivity (Wildman–Crippen MR) is 83.1 cm³/mol. The third-order valence-corrected chi connectivity index (χ3v) is 4.04. The summed E-state index contributed by atoms with van der Waals surface area (Å²) in [5.41, 5.74) is 8.40. The van der Waals surface area contributed by atoms with E-state index in [9.17, 15) is 0 Å². The molecular formula is C16H23N5. The van der Waals surface area contributed by atoms with Gasteiger partial charge in [0.05, 0.1) is 17.6 Å². The molecule has 2 aromatic rings. The lowest BCUT2D eigenvalue weighted by Crippen LogP contribution is -2.39. The molecule has 0 spiro atoms. The molecule has 5 nitrogen and oxygen atoms in total. The highest BCUT2D eigenvalue weighted by atomic mass is 15.3. The van der Waals surface area contributed by atoms with E-state index < -0.39 is 0 Å². The number of hydrogen-bond acceptors (Lipinski definition) is 4. The van der Waals surface area contributed by atoms with E-state index in [2.05, 4.69) is 21.0 Å². The summed E-state index contributed by atoms with van der Waals surface area (Å²) in [6.45, 7) is 2.98. The molecule has 3 rings (SSSR count). The summed E-state index contributed by atoms with van der Waals surface area (Å²) in [6, 6.07) is 6.34. The maximum atomic E-state index is 6.20. The van der Waals surface area contributed by atoms with Crippen LogP contribution in [0.25, 0.3) is 5.69 Å². The van der Waals surface area contributed by atoms with Gasteiger partial charge in [-0.3, -0.25) is 9.88 Å². The number of pyridine rings is 1. The second kappa shape index (κ2) is 6.83. The zero-order valence-corrected chi connectivity index (χ0v) is 12.4.